The zero-order valence-corrected chi connectivity index (χ0v) is 42.5. The lowest BCUT2D eigenvalue weighted by Gasteiger charge is -2.18. The first kappa shape index (κ1) is 61.6. The molecule has 372 valence electrons. The molecule has 0 bridgehead atoms. The summed E-state index contributed by atoms with van der Waals surface area (Å²) in [5.74, 6) is -0.959. The SMILES string of the molecule is CC/C=C\C/C=C\C/C=C\C/C=C\CCCCC(=O)O[C@H](COC(=O)CCCCCCC/C=C\C/C=C\CCCCC)COC(=O)CCCCCCCCC/C=C\CCCCCCCC. The van der Waals surface area contributed by atoms with Crippen molar-refractivity contribution in [1.29, 1.82) is 0 Å². The molecule has 0 aromatic carbocycles. The van der Waals surface area contributed by atoms with Crippen LogP contribution < -0.4 is 0 Å². The molecule has 0 fully saturated rings. The minimum atomic E-state index is -0.806. The van der Waals surface area contributed by atoms with Gasteiger partial charge in [0, 0.05) is 19.3 Å². The van der Waals surface area contributed by atoms with Gasteiger partial charge >= 0.3 is 17.9 Å². The van der Waals surface area contributed by atoms with Gasteiger partial charge in [-0.3, -0.25) is 14.4 Å². The fourth-order valence-corrected chi connectivity index (χ4v) is 7.28. The Morgan fingerprint density at radius 1 is 0.323 bits per heavy atom. The first-order chi connectivity index (χ1) is 32.0. The number of rotatable bonds is 48. The van der Waals surface area contributed by atoms with Crippen molar-refractivity contribution in [2.45, 2.75) is 258 Å². The van der Waals surface area contributed by atoms with E-state index in [1.807, 2.05) is 0 Å². The summed E-state index contributed by atoms with van der Waals surface area (Å²) >= 11 is 0. The number of allylic oxidation sites excluding steroid dienone is 14. The van der Waals surface area contributed by atoms with Gasteiger partial charge in [-0.05, 0) is 116 Å². The molecule has 0 aliphatic carbocycles. The summed E-state index contributed by atoms with van der Waals surface area (Å²) in [6.07, 6.45) is 68.5. The third kappa shape index (κ3) is 51.4. The summed E-state index contributed by atoms with van der Waals surface area (Å²) in [6.45, 7) is 6.45. The highest BCUT2D eigenvalue weighted by molar-refractivity contribution is 5.71. The molecule has 65 heavy (non-hydrogen) atoms. The van der Waals surface area contributed by atoms with Gasteiger partial charge in [-0.1, -0.05) is 202 Å². The molecule has 6 nitrogen and oxygen atoms in total. The van der Waals surface area contributed by atoms with Crippen molar-refractivity contribution in [2.24, 2.45) is 0 Å². The lowest BCUT2D eigenvalue weighted by Crippen LogP contribution is -2.30. The van der Waals surface area contributed by atoms with Crippen molar-refractivity contribution in [3.05, 3.63) is 85.1 Å². The van der Waals surface area contributed by atoms with E-state index in [0.717, 1.165) is 103 Å². The number of esters is 3. The molecule has 0 amide bonds. The van der Waals surface area contributed by atoms with Crippen LogP contribution in [0.3, 0.4) is 0 Å². The molecule has 0 saturated carbocycles. The normalized spacial score (nSPS) is 12.7. The summed E-state index contributed by atoms with van der Waals surface area (Å²) in [5.41, 5.74) is 0. The molecule has 0 aromatic rings. The van der Waals surface area contributed by atoms with Gasteiger partial charge in [0.05, 0.1) is 0 Å². The third-order valence-electron chi connectivity index (χ3n) is 11.4. The molecule has 6 heteroatoms. The highest BCUT2D eigenvalue weighted by atomic mass is 16.6. The van der Waals surface area contributed by atoms with E-state index in [1.54, 1.807) is 0 Å². The molecule has 0 heterocycles. The minimum Gasteiger partial charge on any atom is -0.462 e. The maximum absolute atomic E-state index is 12.8. The lowest BCUT2D eigenvalue weighted by molar-refractivity contribution is -0.167. The zero-order chi connectivity index (χ0) is 47.2. The number of hydrogen-bond donors (Lipinski definition) is 0. The first-order valence-corrected chi connectivity index (χ1v) is 27.1. The predicted molar refractivity (Wildman–Crippen MR) is 279 cm³/mol. The van der Waals surface area contributed by atoms with Gasteiger partial charge in [-0.2, -0.15) is 0 Å². The monoisotopic (exact) mass is 905 g/mol. The fraction of sp³-hybridized carbons (Fsp3) is 0.712. The van der Waals surface area contributed by atoms with Crippen LogP contribution in [0.15, 0.2) is 85.1 Å². The quantitative estimate of drug-likeness (QED) is 0.0262. The van der Waals surface area contributed by atoms with E-state index in [4.69, 9.17) is 14.2 Å². The topological polar surface area (TPSA) is 78.9 Å². The lowest BCUT2D eigenvalue weighted by atomic mass is 10.1. The van der Waals surface area contributed by atoms with Crippen LogP contribution in [0.4, 0.5) is 0 Å². The fourth-order valence-electron chi connectivity index (χ4n) is 7.28. The zero-order valence-electron chi connectivity index (χ0n) is 42.5. The Balaban J connectivity index is 4.47. The van der Waals surface area contributed by atoms with Crippen molar-refractivity contribution in [3.63, 3.8) is 0 Å². The van der Waals surface area contributed by atoms with E-state index in [-0.39, 0.29) is 37.5 Å². The van der Waals surface area contributed by atoms with Crippen molar-refractivity contribution in [2.75, 3.05) is 13.2 Å². The van der Waals surface area contributed by atoms with Crippen molar-refractivity contribution >= 4 is 17.9 Å². The van der Waals surface area contributed by atoms with E-state index in [2.05, 4.69) is 106 Å². The Labute approximate surface area is 401 Å². The molecule has 0 N–H and O–H groups in total. The van der Waals surface area contributed by atoms with Crippen LogP contribution in [-0.2, 0) is 28.6 Å². The highest BCUT2D eigenvalue weighted by Crippen LogP contribution is 2.14. The summed E-state index contributed by atoms with van der Waals surface area (Å²) in [5, 5.41) is 0. The number of ether oxygens (including phenoxy) is 3. The van der Waals surface area contributed by atoms with Gasteiger partial charge < -0.3 is 14.2 Å². The van der Waals surface area contributed by atoms with Crippen LogP contribution in [0, 0.1) is 0 Å². The molecule has 0 unspecified atom stereocenters. The van der Waals surface area contributed by atoms with Gasteiger partial charge in [0.15, 0.2) is 6.10 Å². The summed E-state index contributed by atoms with van der Waals surface area (Å²) in [7, 11) is 0. The number of hydrogen-bond acceptors (Lipinski definition) is 6. The van der Waals surface area contributed by atoms with Crippen molar-refractivity contribution in [1.82, 2.24) is 0 Å². The van der Waals surface area contributed by atoms with Crippen molar-refractivity contribution in [3.8, 4) is 0 Å². The standard InChI is InChI=1S/C59H100O6/c1-4-7-10-13-16-19-22-25-28-29-32-34-37-40-43-46-49-52-58(61)64-55-56(65-59(62)53-50-47-44-41-38-35-31-27-24-21-18-15-12-9-6-3)54-63-57(60)51-48-45-42-39-36-33-30-26-23-20-17-14-11-8-5-2/h9,12,17-18,20-21,25-28,30-31,38,41,56H,4-8,10-11,13-16,19,22-24,29,32-37,39-40,42-55H2,1-3H3/b12-9-,20-17-,21-18-,28-25-,30-26-,31-27-,41-38-/t56-/m1/s1. The largest absolute Gasteiger partial charge is 0.462 e. The van der Waals surface area contributed by atoms with Crippen LogP contribution in [0.2, 0.25) is 0 Å². The van der Waals surface area contributed by atoms with Crippen LogP contribution in [0.5, 0.6) is 0 Å². The number of unbranched alkanes of at least 4 members (excludes halogenated alkanes) is 23. The van der Waals surface area contributed by atoms with Crippen LogP contribution in [0.1, 0.15) is 252 Å². The van der Waals surface area contributed by atoms with Crippen molar-refractivity contribution < 1.29 is 28.6 Å². The van der Waals surface area contributed by atoms with Crippen LogP contribution in [-0.4, -0.2) is 37.2 Å². The molecule has 0 saturated heterocycles. The molecule has 1 atom stereocenters. The average Bonchev–Trinajstić information content (AvgIpc) is 3.30. The Hall–Kier alpha value is -3.41. The molecule has 0 aliphatic heterocycles. The molecular formula is C59H100O6. The second-order valence-corrected chi connectivity index (χ2v) is 17.7. The molecular weight excluding hydrogens is 805 g/mol. The Morgan fingerprint density at radius 3 is 1.02 bits per heavy atom. The second-order valence-electron chi connectivity index (χ2n) is 17.7. The highest BCUT2D eigenvalue weighted by Gasteiger charge is 2.19. The number of carbonyl (C=O) groups is 3. The maximum atomic E-state index is 12.8. The molecule has 0 rings (SSSR count). The predicted octanol–water partition coefficient (Wildman–Crippen LogP) is 18.0. The summed E-state index contributed by atoms with van der Waals surface area (Å²) < 4.78 is 16.8. The second kappa shape index (κ2) is 53.2. The Kier molecular flexibility index (Phi) is 50.4. The van der Waals surface area contributed by atoms with E-state index in [9.17, 15) is 14.4 Å². The van der Waals surface area contributed by atoms with E-state index in [1.165, 1.54) is 103 Å². The van der Waals surface area contributed by atoms with Crippen LogP contribution in [0.25, 0.3) is 0 Å². The third-order valence-corrected chi connectivity index (χ3v) is 11.4. The number of carbonyl (C=O) groups excluding carboxylic acids is 3. The maximum Gasteiger partial charge on any atom is 0.306 e. The molecule has 0 radical (unpaired) electrons. The van der Waals surface area contributed by atoms with Gasteiger partial charge in [0.25, 0.3) is 0 Å². The first-order valence-electron chi connectivity index (χ1n) is 27.1. The summed E-state index contributed by atoms with van der Waals surface area (Å²) in [4.78, 5) is 38.0. The van der Waals surface area contributed by atoms with Gasteiger partial charge in [-0.15, -0.1) is 0 Å². The van der Waals surface area contributed by atoms with E-state index < -0.39 is 6.10 Å². The smallest absolute Gasteiger partial charge is 0.306 e. The minimum absolute atomic E-state index is 0.100. The van der Waals surface area contributed by atoms with E-state index >= 15 is 0 Å². The molecule has 0 aliphatic rings. The van der Waals surface area contributed by atoms with Gasteiger partial charge in [0.1, 0.15) is 13.2 Å². The Morgan fingerprint density at radius 2 is 0.600 bits per heavy atom. The molecule has 0 spiro atoms. The Bertz CT molecular complexity index is 1270. The van der Waals surface area contributed by atoms with Gasteiger partial charge in [-0.25, -0.2) is 0 Å². The molecule has 0 aromatic heterocycles. The summed E-state index contributed by atoms with van der Waals surface area (Å²) in [6, 6.07) is 0. The average molecular weight is 905 g/mol. The van der Waals surface area contributed by atoms with E-state index in [0.29, 0.717) is 19.3 Å². The van der Waals surface area contributed by atoms with Crippen LogP contribution >= 0.6 is 0 Å². The van der Waals surface area contributed by atoms with Gasteiger partial charge in [0.2, 0.25) is 0 Å².